The van der Waals surface area contributed by atoms with Crippen molar-refractivity contribution in [1.82, 2.24) is 10.3 Å². The first-order chi connectivity index (χ1) is 8.63. The summed E-state index contributed by atoms with van der Waals surface area (Å²) in [5.74, 6) is -0.391. The molecule has 3 rings (SSSR count). The highest BCUT2D eigenvalue weighted by Gasteiger charge is 2.30. The van der Waals surface area contributed by atoms with Gasteiger partial charge >= 0.3 is 5.97 Å². The molecule has 1 saturated heterocycles. The summed E-state index contributed by atoms with van der Waals surface area (Å²) in [4.78, 5) is 15.2. The molecule has 1 fully saturated rings. The summed E-state index contributed by atoms with van der Waals surface area (Å²) in [6, 6.07) is 5.91. The lowest BCUT2D eigenvalue weighted by atomic mass is 10.00. The summed E-state index contributed by atoms with van der Waals surface area (Å²) in [7, 11) is 0. The smallest absolute Gasteiger partial charge is 0.307 e. The summed E-state index contributed by atoms with van der Waals surface area (Å²) in [6.07, 6.45) is 0.623. The minimum absolute atomic E-state index is 0.0903. The van der Waals surface area contributed by atoms with Crippen LogP contribution in [0.3, 0.4) is 0 Å². The van der Waals surface area contributed by atoms with Crippen molar-refractivity contribution in [2.24, 2.45) is 5.92 Å². The van der Waals surface area contributed by atoms with Crippen molar-refractivity contribution in [2.45, 2.75) is 19.4 Å². The Balaban J connectivity index is 1.88. The second-order valence-corrected chi connectivity index (χ2v) is 4.69. The van der Waals surface area contributed by atoms with Crippen LogP contribution in [-0.4, -0.2) is 22.6 Å². The van der Waals surface area contributed by atoms with E-state index in [0.717, 1.165) is 16.7 Å². The van der Waals surface area contributed by atoms with Gasteiger partial charge in [0.25, 0.3) is 0 Å². The third kappa shape index (κ3) is 1.86. The first kappa shape index (κ1) is 11.2. The molecule has 1 aromatic carbocycles. The van der Waals surface area contributed by atoms with E-state index in [1.807, 2.05) is 25.1 Å². The molecule has 1 aliphatic rings. The van der Waals surface area contributed by atoms with Gasteiger partial charge in [0.2, 0.25) is 0 Å². The van der Waals surface area contributed by atoms with E-state index >= 15 is 0 Å². The molecule has 0 spiro atoms. The molecule has 94 valence electrons. The minimum Gasteiger partial charge on any atom is -0.481 e. The molecule has 2 heterocycles. The lowest BCUT2D eigenvalue weighted by molar-refractivity contribution is -0.141. The Bertz CT molecular complexity index is 605. The fourth-order valence-electron chi connectivity index (χ4n) is 2.45. The number of nitrogens with zero attached hydrogens (tertiary/aromatic N) is 1. The molecule has 0 saturated carbocycles. The minimum atomic E-state index is -0.733. The number of benzene rings is 1. The van der Waals surface area contributed by atoms with E-state index in [-0.39, 0.29) is 12.0 Å². The zero-order chi connectivity index (χ0) is 12.7. The van der Waals surface area contributed by atoms with Gasteiger partial charge in [0, 0.05) is 19.5 Å². The summed E-state index contributed by atoms with van der Waals surface area (Å²) in [5, 5.41) is 12.2. The molecule has 5 nitrogen and oxygen atoms in total. The van der Waals surface area contributed by atoms with Crippen LogP contribution in [-0.2, 0) is 4.79 Å². The van der Waals surface area contributed by atoms with Crippen LogP contribution in [0.1, 0.15) is 23.9 Å². The Kier molecular flexibility index (Phi) is 2.56. The van der Waals surface area contributed by atoms with Crippen molar-refractivity contribution in [3.8, 4) is 0 Å². The van der Waals surface area contributed by atoms with Gasteiger partial charge in [0.15, 0.2) is 11.5 Å². The molecule has 0 amide bonds. The number of carboxylic acids is 1. The number of aliphatic carboxylic acids is 1. The van der Waals surface area contributed by atoms with Crippen LogP contribution in [0, 0.1) is 12.8 Å². The maximum absolute atomic E-state index is 10.9. The lowest BCUT2D eigenvalue weighted by Crippen LogP contribution is -2.17. The number of hydrogen-bond acceptors (Lipinski definition) is 4. The van der Waals surface area contributed by atoms with E-state index in [2.05, 4.69) is 10.3 Å². The van der Waals surface area contributed by atoms with Gasteiger partial charge in [0.1, 0.15) is 5.52 Å². The average Bonchev–Trinajstić information content (AvgIpc) is 2.91. The first-order valence-electron chi connectivity index (χ1n) is 5.97. The molecule has 0 aliphatic carbocycles. The Labute approximate surface area is 104 Å². The zero-order valence-corrected chi connectivity index (χ0v) is 10.0. The van der Waals surface area contributed by atoms with E-state index < -0.39 is 5.97 Å². The number of fused-ring (bicyclic) bond motifs is 1. The fourth-order valence-corrected chi connectivity index (χ4v) is 2.45. The summed E-state index contributed by atoms with van der Waals surface area (Å²) in [5.41, 5.74) is 2.66. The Morgan fingerprint density at radius 1 is 1.56 bits per heavy atom. The summed E-state index contributed by atoms with van der Waals surface area (Å²) in [6.45, 7) is 2.34. The van der Waals surface area contributed by atoms with E-state index in [1.54, 1.807) is 0 Å². The number of nitrogens with one attached hydrogen (secondary N) is 1. The van der Waals surface area contributed by atoms with Crippen molar-refractivity contribution in [1.29, 1.82) is 0 Å². The molecular formula is C13H14N2O3. The Morgan fingerprint density at radius 2 is 2.39 bits per heavy atom. The van der Waals surface area contributed by atoms with Gasteiger partial charge < -0.3 is 14.8 Å². The number of carbonyl (C=O) groups is 1. The molecule has 2 aromatic rings. The zero-order valence-electron chi connectivity index (χ0n) is 10.0. The number of aromatic nitrogens is 1. The normalized spacial score (nSPS) is 23.6. The monoisotopic (exact) mass is 246 g/mol. The highest BCUT2D eigenvalue weighted by molar-refractivity contribution is 5.74. The van der Waals surface area contributed by atoms with Crippen LogP contribution in [0.5, 0.6) is 0 Å². The van der Waals surface area contributed by atoms with Crippen LogP contribution >= 0.6 is 0 Å². The van der Waals surface area contributed by atoms with E-state index in [0.29, 0.717) is 18.9 Å². The standard InChI is InChI=1S/C13H14N2O3/c1-7-15-11-4-8(2-3-12(11)18-7)10-5-9(6-14-10)13(16)17/h2-4,9-10,14H,5-6H2,1H3,(H,16,17). The number of rotatable bonds is 2. The molecule has 18 heavy (non-hydrogen) atoms. The third-order valence-electron chi connectivity index (χ3n) is 3.40. The SMILES string of the molecule is Cc1nc2cc(C3CC(C(=O)O)CN3)ccc2o1. The molecule has 0 bridgehead atoms. The van der Waals surface area contributed by atoms with Gasteiger partial charge in [-0.25, -0.2) is 4.98 Å². The second-order valence-electron chi connectivity index (χ2n) is 4.69. The van der Waals surface area contributed by atoms with Crippen LogP contribution in [0.2, 0.25) is 0 Å². The Morgan fingerprint density at radius 3 is 3.11 bits per heavy atom. The van der Waals surface area contributed by atoms with Crippen molar-refractivity contribution in [2.75, 3.05) is 6.54 Å². The van der Waals surface area contributed by atoms with Crippen LogP contribution < -0.4 is 5.32 Å². The summed E-state index contributed by atoms with van der Waals surface area (Å²) >= 11 is 0. The van der Waals surface area contributed by atoms with Gasteiger partial charge in [-0.15, -0.1) is 0 Å². The number of hydrogen-bond donors (Lipinski definition) is 2. The predicted molar refractivity (Wildman–Crippen MR) is 65.2 cm³/mol. The molecule has 2 unspecified atom stereocenters. The van der Waals surface area contributed by atoms with E-state index in [1.165, 1.54) is 0 Å². The van der Waals surface area contributed by atoms with Crippen LogP contribution in [0.15, 0.2) is 22.6 Å². The highest BCUT2D eigenvalue weighted by Crippen LogP contribution is 2.29. The van der Waals surface area contributed by atoms with Crippen molar-refractivity contribution < 1.29 is 14.3 Å². The van der Waals surface area contributed by atoms with Gasteiger partial charge in [-0.1, -0.05) is 6.07 Å². The van der Waals surface area contributed by atoms with Crippen molar-refractivity contribution in [3.05, 3.63) is 29.7 Å². The van der Waals surface area contributed by atoms with Gasteiger partial charge in [0.05, 0.1) is 5.92 Å². The highest BCUT2D eigenvalue weighted by atomic mass is 16.4. The molecule has 2 N–H and O–H groups in total. The third-order valence-corrected chi connectivity index (χ3v) is 3.40. The largest absolute Gasteiger partial charge is 0.481 e. The van der Waals surface area contributed by atoms with Crippen LogP contribution in [0.25, 0.3) is 11.1 Å². The lowest BCUT2D eigenvalue weighted by Gasteiger charge is -2.09. The fraction of sp³-hybridized carbons (Fsp3) is 0.385. The maximum Gasteiger partial charge on any atom is 0.307 e. The number of oxazole rings is 1. The predicted octanol–water partition coefficient (Wildman–Crippen LogP) is 1.87. The van der Waals surface area contributed by atoms with Gasteiger partial charge in [-0.05, 0) is 24.1 Å². The first-order valence-corrected chi connectivity index (χ1v) is 5.97. The number of carboxylic acid groups (broad SMARTS) is 1. The quantitative estimate of drug-likeness (QED) is 0.846. The molecule has 1 aromatic heterocycles. The molecule has 2 atom stereocenters. The Hall–Kier alpha value is -1.88. The number of aryl methyl sites for hydroxylation is 1. The van der Waals surface area contributed by atoms with E-state index in [9.17, 15) is 4.79 Å². The van der Waals surface area contributed by atoms with Gasteiger partial charge in [-0.3, -0.25) is 4.79 Å². The maximum atomic E-state index is 10.9. The molecular weight excluding hydrogens is 232 g/mol. The van der Waals surface area contributed by atoms with Crippen molar-refractivity contribution >= 4 is 17.1 Å². The van der Waals surface area contributed by atoms with Crippen molar-refractivity contribution in [3.63, 3.8) is 0 Å². The molecule has 1 aliphatic heterocycles. The molecule has 5 heteroatoms. The average molecular weight is 246 g/mol. The summed E-state index contributed by atoms with van der Waals surface area (Å²) < 4.78 is 5.42. The van der Waals surface area contributed by atoms with Gasteiger partial charge in [-0.2, -0.15) is 0 Å². The topological polar surface area (TPSA) is 75.4 Å². The second kappa shape index (κ2) is 4.10. The van der Waals surface area contributed by atoms with Crippen LogP contribution in [0.4, 0.5) is 0 Å². The van der Waals surface area contributed by atoms with E-state index in [4.69, 9.17) is 9.52 Å². The molecule has 0 radical (unpaired) electrons.